The minimum Gasteiger partial charge on any atom is -0.332 e. The molecule has 0 saturated heterocycles. The summed E-state index contributed by atoms with van der Waals surface area (Å²) in [5.41, 5.74) is 8.88. The lowest BCUT2D eigenvalue weighted by Crippen LogP contribution is -2.20. The molecule has 0 unspecified atom stereocenters. The van der Waals surface area contributed by atoms with E-state index < -0.39 is 0 Å². The molecular formula is C22H26N4S. The zero-order valence-electron chi connectivity index (χ0n) is 16.6. The second kappa shape index (κ2) is 7.92. The van der Waals surface area contributed by atoms with Crippen molar-refractivity contribution in [2.24, 2.45) is 0 Å². The molecule has 3 aromatic rings. The highest BCUT2D eigenvalue weighted by atomic mass is 32.1. The van der Waals surface area contributed by atoms with E-state index in [0.29, 0.717) is 5.11 Å². The maximum atomic E-state index is 5.53. The number of anilines is 2. The van der Waals surface area contributed by atoms with E-state index in [1.807, 2.05) is 11.6 Å². The Kier molecular flexibility index (Phi) is 5.61. The molecule has 0 bridgehead atoms. The van der Waals surface area contributed by atoms with Crippen molar-refractivity contribution in [1.29, 1.82) is 0 Å². The minimum absolute atomic E-state index is 0.572. The van der Waals surface area contributed by atoms with Crippen LogP contribution in [-0.2, 0) is 6.54 Å². The van der Waals surface area contributed by atoms with Crippen molar-refractivity contribution in [3.05, 3.63) is 76.1 Å². The number of hydrogen-bond acceptors (Lipinski definition) is 2. The summed E-state index contributed by atoms with van der Waals surface area (Å²) in [6.07, 6.45) is 0. The Balaban J connectivity index is 1.75. The molecule has 1 aromatic heterocycles. The van der Waals surface area contributed by atoms with Crippen molar-refractivity contribution in [2.45, 2.75) is 41.2 Å². The highest BCUT2D eigenvalue weighted by molar-refractivity contribution is 7.80. The zero-order chi connectivity index (χ0) is 19.6. The summed E-state index contributed by atoms with van der Waals surface area (Å²) in [7, 11) is 0. The highest BCUT2D eigenvalue weighted by Crippen LogP contribution is 2.22. The average molecular weight is 379 g/mol. The summed E-state index contributed by atoms with van der Waals surface area (Å²) in [6.45, 7) is 11.1. The molecule has 2 aromatic carbocycles. The Bertz CT molecular complexity index is 988. The predicted molar refractivity (Wildman–Crippen MR) is 118 cm³/mol. The molecular weight excluding hydrogens is 352 g/mol. The summed E-state index contributed by atoms with van der Waals surface area (Å²) < 4.78 is 2.02. The maximum Gasteiger partial charge on any atom is 0.175 e. The molecule has 0 atom stereocenters. The Hall–Kier alpha value is -2.66. The first kappa shape index (κ1) is 19.1. The molecule has 0 fully saturated rings. The third kappa shape index (κ3) is 4.55. The maximum absolute atomic E-state index is 5.53. The summed E-state index contributed by atoms with van der Waals surface area (Å²) in [4.78, 5) is 0. The van der Waals surface area contributed by atoms with Gasteiger partial charge in [0, 0.05) is 5.69 Å². The molecule has 0 saturated carbocycles. The van der Waals surface area contributed by atoms with Gasteiger partial charge in [0.1, 0.15) is 0 Å². The van der Waals surface area contributed by atoms with Gasteiger partial charge in [0.2, 0.25) is 0 Å². The molecule has 140 valence electrons. The smallest absolute Gasteiger partial charge is 0.175 e. The standard InChI is InChI=1S/C22H26N4S/c1-14-7-6-8-19(12-14)13-26-18(5)21(17(4)25-26)24-22(27)23-20-10-9-15(2)11-16(20)3/h6-12H,13H2,1-5H3,(H2,23,24,27). The molecule has 0 aliphatic heterocycles. The number of benzene rings is 2. The predicted octanol–water partition coefficient (Wildman–Crippen LogP) is 5.28. The SMILES string of the molecule is Cc1cccc(Cn2nc(C)c(NC(=S)Nc3ccc(C)cc3C)c2C)c1. The van der Waals surface area contributed by atoms with E-state index in [4.69, 9.17) is 17.3 Å². The highest BCUT2D eigenvalue weighted by Gasteiger charge is 2.13. The zero-order valence-corrected chi connectivity index (χ0v) is 17.4. The van der Waals surface area contributed by atoms with Crippen LogP contribution in [-0.4, -0.2) is 14.9 Å². The van der Waals surface area contributed by atoms with Gasteiger partial charge in [-0.15, -0.1) is 0 Å². The van der Waals surface area contributed by atoms with Crippen molar-refractivity contribution in [3.63, 3.8) is 0 Å². The van der Waals surface area contributed by atoms with Crippen molar-refractivity contribution < 1.29 is 0 Å². The van der Waals surface area contributed by atoms with Crippen LogP contribution in [0.5, 0.6) is 0 Å². The first-order valence-corrected chi connectivity index (χ1v) is 9.49. The van der Waals surface area contributed by atoms with E-state index in [1.54, 1.807) is 0 Å². The molecule has 0 amide bonds. The first-order chi connectivity index (χ1) is 12.8. The molecule has 3 rings (SSSR count). The average Bonchev–Trinajstić information content (AvgIpc) is 2.85. The fraction of sp³-hybridized carbons (Fsp3) is 0.273. The van der Waals surface area contributed by atoms with E-state index in [2.05, 4.69) is 80.8 Å². The number of nitrogens with zero attached hydrogens (tertiary/aromatic N) is 2. The van der Waals surface area contributed by atoms with Gasteiger partial charge in [-0.1, -0.05) is 47.5 Å². The second-order valence-corrected chi connectivity index (χ2v) is 7.50. The topological polar surface area (TPSA) is 41.9 Å². The van der Waals surface area contributed by atoms with Crippen molar-refractivity contribution in [1.82, 2.24) is 9.78 Å². The molecule has 27 heavy (non-hydrogen) atoms. The van der Waals surface area contributed by atoms with Crippen molar-refractivity contribution in [3.8, 4) is 0 Å². The van der Waals surface area contributed by atoms with Gasteiger partial charge in [0.05, 0.1) is 23.6 Å². The van der Waals surface area contributed by atoms with Crippen LogP contribution in [0.15, 0.2) is 42.5 Å². The lowest BCUT2D eigenvalue weighted by Gasteiger charge is -2.13. The van der Waals surface area contributed by atoms with Gasteiger partial charge >= 0.3 is 0 Å². The Morgan fingerprint density at radius 1 is 0.963 bits per heavy atom. The van der Waals surface area contributed by atoms with Gasteiger partial charge in [0.15, 0.2) is 5.11 Å². The van der Waals surface area contributed by atoms with Gasteiger partial charge in [-0.3, -0.25) is 4.68 Å². The van der Waals surface area contributed by atoms with E-state index >= 15 is 0 Å². The fourth-order valence-electron chi connectivity index (χ4n) is 3.24. The lowest BCUT2D eigenvalue weighted by atomic mass is 10.1. The summed E-state index contributed by atoms with van der Waals surface area (Å²) in [5.74, 6) is 0. The van der Waals surface area contributed by atoms with Crippen LogP contribution in [0.2, 0.25) is 0 Å². The quantitative estimate of drug-likeness (QED) is 0.606. The Morgan fingerprint density at radius 2 is 1.70 bits per heavy atom. The second-order valence-electron chi connectivity index (χ2n) is 7.09. The van der Waals surface area contributed by atoms with E-state index in [-0.39, 0.29) is 0 Å². The van der Waals surface area contributed by atoms with Crippen LogP contribution in [0.3, 0.4) is 0 Å². The largest absolute Gasteiger partial charge is 0.332 e. The third-order valence-corrected chi connectivity index (χ3v) is 4.87. The van der Waals surface area contributed by atoms with Gasteiger partial charge in [-0.2, -0.15) is 5.10 Å². The van der Waals surface area contributed by atoms with E-state index in [1.165, 1.54) is 22.3 Å². The number of aromatic nitrogens is 2. The summed E-state index contributed by atoms with van der Waals surface area (Å²) in [5, 5.41) is 11.9. The number of nitrogens with one attached hydrogen (secondary N) is 2. The van der Waals surface area contributed by atoms with Crippen LogP contribution >= 0.6 is 12.2 Å². The monoisotopic (exact) mass is 378 g/mol. The Labute approximate surface area is 166 Å². The molecule has 0 spiro atoms. The molecule has 4 nitrogen and oxygen atoms in total. The van der Waals surface area contributed by atoms with Gasteiger partial charge in [-0.05, 0) is 64.0 Å². The number of rotatable bonds is 4. The van der Waals surface area contributed by atoms with Crippen LogP contribution in [0.25, 0.3) is 0 Å². The van der Waals surface area contributed by atoms with Crippen LogP contribution < -0.4 is 10.6 Å². The number of thiocarbonyl (C=S) groups is 1. The summed E-state index contributed by atoms with van der Waals surface area (Å²) in [6, 6.07) is 14.8. The first-order valence-electron chi connectivity index (χ1n) is 9.08. The summed E-state index contributed by atoms with van der Waals surface area (Å²) >= 11 is 5.53. The normalized spacial score (nSPS) is 10.7. The van der Waals surface area contributed by atoms with Crippen LogP contribution in [0.1, 0.15) is 33.6 Å². The van der Waals surface area contributed by atoms with Gasteiger partial charge < -0.3 is 10.6 Å². The lowest BCUT2D eigenvalue weighted by molar-refractivity contribution is 0.659. The van der Waals surface area contributed by atoms with Crippen LogP contribution in [0.4, 0.5) is 11.4 Å². The molecule has 0 aliphatic carbocycles. The van der Waals surface area contributed by atoms with Crippen LogP contribution in [0, 0.1) is 34.6 Å². The number of hydrogen-bond donors (Lipinski definition) is 2. The van der Waals surface area contributed by atoms with Gasteiger partial charge in [-0.25, -0.2) is 0 Å². The van der Waals surface area contributed by atoms with Gasteiger partial charge in [0.25, 0.3) is 0 Å². The third-order valence-electron chi connectivity index (χ3n) is 4.66. The Morgan fingerprint density at radius 3 is 2.41 bits per heavy atom. The van der Waals surface area contributed by atoms with Crippen molar-refractivity contribution >= 4 is 28.7 Å². The molecule has 0 radical (unpaired) electrons. The molecule has 5 heteroatoms. The van der Waals surface area contributed by atoms with Crippen molar-refractivity contribution in [2.75, 3.05) is 10.6 Å². The number of aryl methyl sites for hydroxylation is 4. The van der Waals surface area contributed by atoms with E-state index in [0.717, 1.165) is 29.3 Å². The molecule has 2 N–H and O–H groups in total. The fourth-order valence-corrected chi connectivity index (χ4v) is 3.45. The minimum atomic E-state index is 0.572. The molecule has 1 heterocycles. The van der Waals surface area contributed by atoms with E-state index in [9.17, 15) is 0 Å². The molecule has 0 aliphatic rings.